The zero-order valence-electron chi connectivity index (χ0n) is 13.8. The molecule has 3 nitrogen and oxygen atoms in total. The number of hydrogen-bond donors (Lipinski definition) is 1. The van der Waals surface area contributed by atoms with E-state index in [0.717, 1.165) is 38.2 Å². The van der Waals surface area contributed by atoms with Crippen LogP contribution >= 0.6 is 11.8 Å². The molecule has 0 spiro atoms. The van der Waals surface area contributed by atoms with Crippen molar-refractivity contribution in [2.45, 2.75) is 49.8 Å². The third kappa shape index (κ3) is 7.40. The number of carboxylic acid groups (broad SMARTS) is 1. The molecule has 1 heterocycles. The van der Waals surface area contributed by atoms with Gasteiger partial charge in [0.05, 0.1) is 0 Å². The smallest absolute Gasteiger partial charge is 0.303 e. The average molecular weight is 336 g/mol. The first-order valence-electron chi connectivity index (χ1n) is 8.73. The van der Waals surface area contributed by atoms with E-state index < -0.39 is 5.97 Å². The molecule has 1 aliphatic heterocycles. The number of hydrogen-bond acceptors (Lipinski definition) is 3. The fraction of sp³-hybridized carbons (Fsp3) is 0.632. The van der Waals surface area contributed by atoms with Crippen LogP contribution in [0.5, 0.6) is 0 Å². The quantitative estimate of drug-likeness (QED) is 0.463. The van der Waals surface area contributed by atoms with Crippen molar-refractivity contribution >= 4 is 17.7 Å². The summed E-state index contributed by atoms with van der Waals surface area (Å²) in [5.41, 5.74) is 0. The first-order chi connectivity index (χ1) is 11.3. The lowest BCUT2D eigenvalue weighted by Crippen LogP contribution is -2.13. The Morgan fingerprint density at radius 1 is 1.04 bits per heavy atom. The largest absolute Gasteiger partial charge is 0.481 e. The maximum atomic E-state index is 10.5. The van der Waals surface area contributed by atoms with Crippen molar-refractivity contribution in [2.75, 3.05) is 19.0 Å². The van der Waals surface area contributed by atoms with Crippen LogP contribution in [0.1, 0.15) is 44.9 Å². The lowest BCUT2D eigenvalue weighted by atomic mass is 9.89. The maximum Gasteiger partial charge on any atom is 0.303 e. The topological polar surface area (TPSA) is 46.5 Å². The summed E-state index contributed by atoms with van der Waals surface area (Å²) in [5, 5.41) is 8.62. The molecule has 0 amide bonds. The third-order valence-corrected chi connectivity index (χ3v) is 5.59. The van der Waals surface area contributed by atoms with Crippen LogP contribution in [0.25, 0.3) is 0 Å². The first-order valence-corrected chi connectivity index (χ1v) is 9.71. The van der Waals surface area contributed by atoms with E-state index in [-0.39, 0.29) is 0 Å². The molecule has 2 rings (SSSR count). The van der Waals surface area contributed by atoms with Gasteiger partial charge in [0.25, 0.3) is 0 Å². The van der Waals surface area contributed by atoms with Gasteiger partial charge in [-0.2, -0.15) is 0 Å². The summed E-state index contributed by atoms with van der Waals surface area (Å²) in [6.07, 6.45) is 6.97. The minimum absolute atomic E-state index is 0.311. The zero-order chi connectivity index (χ0) is 16.3. The van der Waals surface area contributed by atoms with E-state index in [9.17, 15) is 4.79 Å². The molecule has 0 aliphatic carbocycles. The summed E-state index contributed by atoms with van der Waals surface area (Å²) in [7, 11) is 0. The minimum atomic E-state index is -0.676. The molecular weight excluding hydrogens is 308 g/mol. The van der Waals surface area contributed by atoms with Gasteiger partial charge in [0, 0.05) is 24.5 Å². The summed E-state index contributed by atoms with van der Waals surface area (Å²) in [5.74, 6) is 1.88. The lowest BCUT2D eigenvalue weighted by molar-refractivity contribution is -0.137. The van der Waals surface area contributed by atoms with Gasteiger partial charge in [0.1, 0.15) is 0 Å². The maximum absolute atomic E-state index is 10.5. The number of aliphatic carboxylic acids is 1. The molecular formula is C19H28O3S. The molecule has 1 aromatic carbocycles. The van der Waals surface area contributed by atoms with Crippen molar-refractivity contribution in [3.8, 4) is 0 Å². The van der Waals surface area contributed by atoms with Gasteiger partial charge in [0.2, 0.25) is 0 Å². The fourth-order valence-electron chi connectivity index (χ4n) is 3.16. The molecule has 1 saturated heterocycles. The molecule has 23 heavy (non-hydrogen) atoms. The first kappa shape index (κ1) is 18.3. The Morgan fingerprint density at radius 3 is 2.48 bits per heavy atom. The van der Waals surface area contributed by atoms with Crippen molar-refractivity contribution in [1.29, 1.82) is 0 Å². The predicted octanol–water partition coefficient (Wildman–Crippen LogP) is 4.86. The van der Waals surface area contributed by atoms with Crippen molar-refractivity contribution in [2.24, 2.45) is 11.8 Å². The second-order valence-corrected chi connectivity index (χ2v) is 7.52. The molecule has 128 valence electrons. The SMILES string of the molecule is O=C(O)CCCCCCC1COCC1CCSc1ccccc1. The van der Waals surface area contributed by atoms with Crippen LogP contribution in [0.15, 0.2) is 35.2 Å². The highest BCUT2D eigenvalue weighted by Crippen LogP contribution is 2.31. The second-order valence-electron chi connectivity index (χ2n) is 6.35. The fourth-order valence-corrected chi connectivity index (χ4v) is 4.17. The number of thioether (sulfide) groups is 1. The van der Waals surface area contributed by atoms with E-state index in [2.05, 4.69) is 30.3 Å². The Balaban J connectivity index is 1.56. The molecule has 1 aromatic rings. The van der Waals surface area contributed by atoms with Gasteiger partial charge in [-0.15, -0.1) is 11.8 Å². The normalized spacial score (nSPS) is 20.7. The minimum Gasteiger partial charge on any atom is -0.481 e. The van der Waals surface area contributed by atoms with Crippen LogP contribution in [-0.2, 0) is 9.53 Å². The van der Waals surface area contributed by atoms with Crippen LogP contribution in [0.2, 0.25) is 0 Å². The van der Waals surface area contributed by atoms with Crippen LogP contribution in [0.4, 0.5) is 0 Å². The van der Waals surface area contributed by atoms with Crippen LogP contribution in [-0.4, -0.2) is 30.0 Å². The number of ether oxygens (including phenoxy) is 1. The van der Waals surface area contributed by atoms with Gasteiger partial charge in [-0.3, -0.25) is 4.79 Å². The Bertz CT molecular complexity index is 449. The van der Waals surface area contributed by atoms with Gasteiger partial charge < -0.3 is 9.84 Å². The van der Waals surface area contributed by atoms with Crippen molar-refractivity contribution in [3.05, 3.63) is 30.3 Å². The Morgan fingerprint density at radius 2 is 1.74 bits per heavy atom. The second kappa shape index (κ2) is 10.7. The highest BCUT2D eigenvalue weighted by atomic mass is 32.2. The van der Waals surface area contributed by atoms with E-state index in [1.165, 1.54) is 24.2 Å². The number of carbonyl (C=O) groups is 1. The summed E-state index contributed by atoms with van der Waals surface area (Å²) >= 11 is 1.94. The number of benzene rings is 1. The third-order valence-electron chi connectivity index (χ3n) is 4.55. The van der Waals surface area contributed by atoms with Gasteiger partial charge in [0.15, 0.2) is 0 Å². The lowest BCUT2D eigenvalue weighted by Gasteiger charge is -2.17. The van der Waals surface area contributed by atoms with Crippen molar-refractivity contribution in [3.63, 3.8) is 0 Å². The molecule has 1 aliphatic rings. The Labute approximate surface area is 143 Å². The van der Waals surface area contributed by atoms with E-state index >= 15 is 0 Å². The monoisotopic (exact) mass is 336 g/mol. The number of unbranched alkanes of at least 4 members (excludes halogenated alkanes) is 3. The molecule has 0 bridgehead atoms. The molecule has 4 heteroatoms. The van der Waals surface area contributed by atoms with Gasteiger partial charge in [-0.05, 0) is 49.0 Å². The Hall–Kier alpha value is -1.00. The Kier molecular flexibility index (Phi) is 8.54. The van der Waals surface area contributed by atoms with Gasteiger partial charge in [-0.1, -0.05) is 37.5 Å². The molecule has 0 aromatic heterocycles. The number of rotatable bonds is 11. The number of carboxylic acids is 1. The molecule has 0 saturated carbocycles. The summed E-state index contributed by atoms with van der Waals surface area (Å²) < 4.78 is 5.70. The van der Waals surface area contributed by atoms with E-state index in [1.54, 1.807) is 0 Å². The standard InChI is InChI=1S/C19H28O3S/c20-19(21)11-7-2-1-4-8-16-14-22-15-17(16)12-13-23-18-9-5-3-6-10-18/h3,5-6,9-10,16-17H,1-2,4,7-8,11-15H2,(H,20,21). The van der Waals surface area contributed by atoms with Crippen LogP contribution in [0, 0.1) is 11.8 Å². The summed E-state index contributed by atoms with van der Waals surface area (Å²) in [4.78, 5) is 11.8. The van der Waals surface area contributed by atoms with Crippen LogP contribution in [0.3, 0.4) is 0 Å². The molecule has 1 fully saturated rings. The van der Waals surface area contributed by atoms with E-state index in [0.29, 0.717) is 18.3 Å². The van der Waals surface area contributed by atoms with Crippen LogP contribution < -0.4 is 0 Å². The highest BCUT2D eigenvalue weighted by molar-refractivity contribution is 7.99. The van der Waals surface area contributed by atoms with E-state index in [4.69, 9.17) is 9.84 Å². The highest BCUT2D eigenvalue weighted by Gasteiger charge is 2.27. The molecule has 2 unspecified atom stereocenters. The molecule has 1 N–H and O–H groups in total. The average Bonchev–Trinajstić information content (AvgIpc) is 2.99. The summed E-state index contributed by atoms with van der Waals surface area (Å²) in [6.45, 7) is 1.83. The summed E-state index contributed by atoms with van der Waals surface area (Å²) in [6, 6.07) is 10.6. The molecule has 2 atom stereocenters. The zero-order valence-corrected chi connectivity index (χ0v) is 14.6. The van der Waals surface area contributed by atoms with Gasteiger partial charge in [-0.25, -0.2) is 0 Å². The molecule has 0 radical (unpaired) electrons. The van der Waals surface area contributed by atoms with Crippen molar-refractivity contribution in [1.82, 2.24) is 0 Å². The van der Waals surface area contributed by atoms with Gasteiger partial charge >= 0.3 is 5.97 Å². The van der Waals surface area contributed by atoms with E-state index in [1.807, 2.05) is 11.8 Å². The van der Waals surface area contributed by atoms with Crippen molar-refractivity contribution < 1.29 is 14.6 Å². The predicted molar refractivity (Wildman–Crippen MR) is 94.9 cm³/mol.